The monoisotopic (exact) mass is 264 g/mol. The first-order chi connectivity index (χ1) is 9.26. The van der Waals surface area contributed by atoms with E-state index < -0.39 is 6.23 Å². The van der Waals surface area contributed by atoms with Crippen molar-refractivity contribution in [1.29, 1.82) is 0 Å². The predicted octanol–water partition coefficient (Wildman–Crippen LogP) is 1.38. The van der Waals surface area contributed by atoms with E-state index in [1.54, 1.807) is 4.68 Å². The summed E-state index contributed by atoms with van der Waals surface area (Å²) in [5.74, 6) is 2.58. The topological polar surface area (TPSA) is 54.2 Å². The molecule has 3 heterocycles. The van der Waals surface area contributed by atoms with Crippen LogP contribution in [0, 0.1) is 5.92 Å². The van der Waals surface area contributed by atoms with Gasteiger partial charge < -0.3 is 10.0 Å². The van der Waals surface area contributed by atoms with Crippen LogP contribution in [0.2, 0.25) is 0 Å². The van der Waals surface area contributed by atoms with Gasteiger partial charge in [-0.15, -0.1) is 0 Å². The molecule has 2 aliphatic rings. The fourth-order valence-electron chi connectivity index (χ4n) is 3.33. The molecule has 1 aromatic heterocycles. The fourth-order valence-corrected chi connectivity index (χ4v) is 3.33. The molecule has 0 aliphatic carbocycles. The lowest BCUT2D eigenvalue weighted by molar-refractivity contribution is 0.0642. The summed E-state index contributed by atoms with van der Waals surface area (Å²) in [6, 6.07) is 0. The Hall–Kier alpha value is -0.940. The molecule has 0 aromatic carbocycles. The van der Waals surface area contributed by atoms with Crippen molar-refractivity contribution in [3.8, 4) is 0 Å². The molecule has 2 aliphatic heterocycles. The van der Waals surface area contributed by atoms with Crippen LogP contribution in [0.3, 0.4) is 0 Å². The van der Waals surface area contributed by atoms with Crippen molar-refractivity contribution < 1.29 is 5.11 Å². The molecule has 1 saturated heterocycles. The number of nitrogens with zero attached hydrogens (tertiary/aromatic N) is 4. The zero-order chi connectivity index (χ0) is 13.2. The molecule has 5 nitrogen and oxygen atoms in total. The second-order valence-electron chi connectivity index (χ2n) is 5.87. The van der Waals surface area contributed by atoms with Crippen molar-refractivity contribution in [3.63, 3.8) is 0 Å². The molecular weight excluding hydrogens is 240 g/mol. The van der Waals surface area contributed by atoms with Crippen LogP contribution in [0.5, 0.6) is 0 Å². The Morgan fingerprint density at radius 3 is 3.00 bits per heavy atom. The number of aliphatic hydroxyl groups excluding tert-OH is 1. The average molecular weight is 264 g/mol. The molecule has 3 rings (SSSR count). The van der Waals surface area contributed by atoms with Crippen LogP contribution in [-0.4, -0.2) is 44.4 Å². The highest BCUT2D eigenvalue weighted by Crippen LogP contribution is 2.23. The fraction of sp³-hybridized carbons (Fsp3) is 0.857. The van der Waals surface area contributed by atoms with Crippen LogP contribution in [0.25, 0.3) is 0 Å². The van der Waals surface area contributed by atoms with Crippen molar-refractivity contribution in [2.24, 2.45) is 5.92 Å². The largest absolute Gasteiger partial charge is 0.372 e. The summed E-state index contributed by atoms with van der Waals surface area (Å²) in [6.07, 6.45) is 5.86. The Morgan fingerprint density at radius 2 is 2.21 bits per heavy atom. The van der Waals surface area contributed by atoms with E-state index in [4.69, 9.17) is 0 Å². The van der Waals surface area contributed by atoms with Crippen molar-refractivity contribution in [1.82, 2.24) is 19.7 Å². The highest BCUT2D eigenvalue weighted by molar-refractivity contribution is 4.98. The van der Waals surface area contributed by atoms with Gasteiger partial charge >= 0.3 is 0 Å². The molecule has 0 amide bonds. The number of aromatic nitrogens is 3. The van der Waals surface area contributed by atoms with Crippen molar-refractivity contribution >= 4 is 0 Å². The third kappa shape index (κ3) is 2.82. The number of fused-ring (bicyclic) bond motifs is 1. The summed E-state index contributed by atoms with van der Waals surface area (Å²) >= 11 is 0. The SMILES string of the molecule is CCN1CCCC(Cc2nc3n(n2)C(O)CCC3)C1. The van der Waals surface area contributed by atoms with Crippen LogP contribution in [0.4, 0.5) is 0 Å². The van der Waals surface area contributed by atoms with Gasteiger partial charge in [0.1, 0.15) is 12.1 Å². The Morgan fingerprint density at radius 1 is 1.32 bits per heavy atom. The molecule has 1 N–H and O–H groups in total. The smallest absolute Gasteiger partial charge is 0.151 e. The van der Waals surface area contributed by atoms with Gasteiger partial charge in [0, 0.05) is 19.4 Å². The Bertz CT molecular complexity index is 431. The molecule has 1 aromatic rings. The summed E-state index contributed by atoms with van der Waals surface area (Å²) in [5.41, 5.74) is 0. The molecule has 2 unspecified atom stereocenters. The summed E-state index contributed by atoms with van der Waals surface area (Å²) < 4.78 is 1.74. The number of aryl methyl sites for hydroxylation is 1. The third-order valence-electron chi connectivity index (χ3n) is 4.41. The third-order valence-corrected chi connectivity index (χ3v) is 4.41. The summed E-state index contributed by atoms with van der Waals surface area (Å²) in [7, 11) is 0. The van der Waals surface area contributed by atoms with Gasteiger partial charge in [0.2, 0.25) is 0 Å². The zero-order valence-electron chi connectivity index (χ0n) is 11.8. The number of hydrogen-bond acceptors (Lipinski definition) is 4. The molecule has 0 bridgehead atoms. The van der Waals surface area contributed by atoms with E-state index in [0.29, 0.717) is 5.92 Å². The number of aliphatic hydroxyl groups is 1. The van der Waals surface area contributed by atoms with Gasteiger partial charge in [0.05, 0.1) is 0 Å². The molecule has 19 heavy (non-hydrogen) atoms. The van der Waals surface area contributed by atoms with Crippen molar-refractivity contribution in [2.75, 3.05) is 19.6 Å². The molecule has 0 radical (unpaired) electrons. The van der Waals surface area contributed by atoms with E-state index in [-0.39, 0.29) is 0 Å². The maximum Gasteiger partial charge on any atom is 0.151 e. The maximum absolute atomic E-state index is 9.91. The number of hydrogen-bond donors (Lipinski definition) is 1. The van der Waals surface area contributed by atoms with Crippen molar-refractivity contribution in [2.45, 2.75) is 51.7 Å². The lowest BCUT2D eigenvalue weighted by atomic mass is 9.94. The van der Waals surface area contributed by atoms with Crippen LogP contribution in [-0.2, 0) is 12.8 Å². The van der Waals surface area contributed by atoms with Gasteiger partial charge in [0.25, 0.3) is 0 Å². The van der Waals surface area contributed by atoms with Gasteiger partial charge in [-0.25, -0.2) is 9.67 Å². The molecular formula is C14H24N4O. The highest BCUT2D eigenvalue weighted by Gasteiger charge is 2.24. The molecule has 106 valence electrons. The molecule has 0 spiro atoms. The van der Waals surface area contributed by atoms with Gasteiger partial charge in [-0.1, -0.05) is 6.92 Å². The van der Waals surface area contributed by atoms with E-state index in [9.17, 15) is 5.11 Å². The second kappa shape index (κ2) is 5.59. The zero-order valence-corrected chi connectivity index (χ0v) is 11.8. The Kier molecular flexibility index (Phi) is 3.84. The van der Waals surface area contributed by atoms with Gasteiger partial charge in [-0.3, -0.25) is 0 Å². The average Bonchev–Trinajstić information content (AvgIpc) is 2.83. The first-order valence-corrected chi connectivity index (χ1v) is 7.61. The van der Waals surface area contributed by atoms with E-state index in [0.717, 1.165) is 43.9 Å². The predicted molar refractivity (Wildman–Crippen MR) is 72.8 cm³/mol. The number of likely N-dealkylation sites (tertiary alicyclic amines) is 1. The lowest BCUT2D eigenvalue weighted by Crippen LogP contribution is -2.36. The number of piperidine rings is 1. The van der Waals surface area contributed by atoms with Gasteiger partial charge in [0.15, 0.2) is 5.82 Å². The summed E-state index contributed by atoms with van der Waals surface area (Å²) in [4.78, 5) is 7.13. The first kappa shape index (κ1) is 13.1. The molecule has 5 heteroatoms. The minimum Gasteiger partial charge on any atom is -0.372 e. The highest BCUT2D eigenvalue weighted by atomic mass is 16.3. The van der Waals surface area contributed by atoms with Crippen LogP contribution in [0.15, 0.2) is 0 Å². The lowest BCUT2D eigenvalue weighted by Gasteiger charge is -2.31. The van der Waals surface area contributed by atoms with Crippen LogP contribution in [0.1, 0.15) is 50.5 Å². The number of rotatable bonds is 3. The molecule has 0 saturated carbocycles. The Labute approximate surface area is 114 Å². The second-order valence-corrected chi connectivity index (χ2v) is 5.87. The van der Waals surface area contributed by atoms with E-state index in [2.05, 4.69) is 21.9 Å². The maximum atomic E-state index is 9.91. The van der Waals surface area contributed by atoms with E-state index in [1.807, 2.05) is 0 Å². The van der Waals surface area contributed by atoms with Crippen LogP contribution < -0.4 is 0 Å². The summed E-state index contributed by atoms with van der Waals surface area (Å²) in [5, 5.41) is 14.4. The minimum atomic E-state index is -0.455. The van der Waals surface area contributed by atoms with E-state index >= 15 is 0 Å². The first-order valence-electron chi connectivity index (χ1n) is 7.61. The Balaban J connectivity index is 1.66. The van der Waals surface area contributed by atoms with Crippen LogP contribution >= 0.6 is 0 Å². The quantitative estimate of drug-likeness (QED) is 0.896. The van der Waals surface area contributed by atoms with Gasteiger partial charge in [-0.2, -0.15) is 5.10 Å². The minimum absolute atomic E-state index is 0.455. The van der Waals surface area contributed by atoms with E-state index in [1.165, 1.54) is 25.9 Å². The van der Waals surface area contributed by atoms with Gasteiger partial charge in [-0.05, 0) is 44.7 Å². The molecule has 1 fully saturated rings. The normalized spacial score (nSPS) is 28.3. The molecule has 2 atom stereocenters. The van der Waals surface area contributed by atoms with Crippen molar-refractivity contribution in [3.05, 3.63) is 11.6 Å². The standard InChI is InChI=1S/C14H24N4O/c1-2-17-8-4-5-11(10-17)9-12-15-13-6-3-7-14(19)18(13)16-12/h11,14,19H,2-10H2,1H3. The summed E-state index contributed by atoms with van der Waals surface area (Å²) in [6.45, 7) is 5.77.